The van der Waals surface area contributed by atoms with Crippen molar-refractivity contribution in [3.05, 3.63) is 53.6 Å². The number of esters is 1. The van der Waals surface area contributed by atoms with Crippen LogP contribution in [0.5, 0.6) is 0 Å². The highest BCUT2D eigenvalue weighted by Crippen LogP contribution is 2.21. The van der Waals surface area contributed by atoms with Gasteiger partial charge in [-0.15, -0.1) is 0 Å². The second kappa shape index (κ2) is 17.4. The van der Waals surface area contributed by atoms with Gasteiger partial charge in [-0.3, -0.25) is 0 Å². The van der Waals surface area contributed by atoms with E-state index in [0.29, 0.717) is 0 Å². The lowest BCUT2D eigenvalue weighted by Crippen LogP contribution is -2.20. The van der Waals surface area contributed by atoms with Crippen molar-refractivity contribution in [3.8, 4) is 0 Å². The quantitative estimate of drug-likeness (QED) is 0.102. The maximum Gasteiger partial charge on any atom is 0.350 e. The normalized spacial score (nSPS) is 12.3. The van der Waals surface area contributed by atoms with E-state index in [4.69, 9.17) is 4.74 Å². The molecule has 0 spiro atoms. The highest BCUT2D eigenvalue weighted by Gasteiger charge is 2.27. The highest BCUT2D eigenvalue weighted by molar-refractivity contribution is 7.96. The van der Waals surface area contributed by atoms with Crippen LogP contribution in [0.1, 0.15) is 85.0 Å². The Morgan fingerprint density at radius 2 is 1.42 bits per heavy atom. The topological polar surface area (TPSA) is 63.7 Å². The molecule has 0 radical (unpaired) electrons. The van der Waals surface area contributed by atoms with E-state index in [1.807, 2.05) is 6.20 Å². The first kappa shape index (κ1) is 29.0. The number of allylic oxidation sites excluding steroid dienone is 2. The first-order valence-corrected chi connectivity index (χ1v) is 14.0. The Balaban J connectivity index is 2.96. The maximum atomic E-state index is 13.2. The van der Waals surface area contributed by atoms with E-state index >= 15 is 0 Å². The van der Waals surface area contributed by atoms with Gasteiger partial charge in [-0.05, 0) is 49.7 Å². The molecule has 0 unspecified atom stereocenters. The van der Waals surface area contributed by atoms with Gasteiger partial charge in [0.1, 0.15) is 0 Å². The molecular weight excluding hydrogens is 434 g/mol. The third-order valence-corrected chi connectivity index (χ3v) is 7.19. The zero-order chi connectivity index (χ0) is 24.4. The van der Waals surface area contributed by atoms with E-state index < -0.39 is 15.8 Å². The summed E-state index contributed by atoms with van der Waals surface area (Å²) in [6.07, 6.45) is 15.6. The molecule has 0 aliphatic carbocycles. The van der Waals surface area contributed by atoms with Crippen molar-refractivity contribution in [3.63, 3.8) is 0 Å². The fourth-order valence-electron chi connectivity index (χ4n) is 3.35. The summed E-state index contributed by atoms with van der Waals surface area (Å²) in [4.78, 5) is 14.8. The molecule has 186 valence electrons. The predicted octanol–water partition coefficient (Wildman–Crippen LogP) is 6.66. The number of carbonyl (C=O) groups is 1. The second-order valence-corrected chi connectivity index (χ2v) is 10.3. The minimum atomic E-state index is -3.97. The number of benzene rings is 1. The van der Waals surface area contributed by atoms with Crippen molar-refractivity contribution < 1.29 is 17.9 Å². The van der Waals surface area contributed by atoms with Gasteiger partial charge in [0.2, 0.25) is 9.84 Å². The Kier molecular flexibility index (Phi) is 15.3. The molecule has 0 bridgehead atoms. The molecule has 5 nitrogen and oxygen atoms in total. The van der Waals surface area contributed by atoms with Crippen LogP contribution in [0.3, 0.4) is 0 Å². The number of rotatable bonds is 18. The number of hydrogen-bond donors (Lipinski definition) is 0. The van der Waals surface area contributed by atoms with Gasteiger partial charge in [0, 0.05) is 13.1 Å². The zero-order valence-electron chi connectivity index (χ0n) is 20.8. The molecule has 0 fully saturated rings. The third kappa shape index (κ3) is 11.6. The third-order valence-electron chi connectivity index (χ3n) is 5.42. The molecule has 33 heavy (non-hydrogen) atoms. The smallest absolute Gasteiger partial charge is 0.350 e. The van der Waals surface area contributed by atoms with Crippen LogP contribution in [0, 0.1) is 0 Å². The number of hydrogen-bond acceptors (Lipinski definition) is 5. The van der Waals surface area contributed by atoms with Gasteiger partial charge >= 0.3 is 5.97 Å². The summed E-state index contributed by atoms with van der Waals surface area (Å²) in [5.41, 5.74) is 0. The molecule has 1 aromatic rings. The van der Waals surface area contributed by atoms with Crippen LogP contribution in [0.25, 0.3) is 0 Å². The van der Waals surface area contributed by atoms with Crippen molar-refractivity contribution in [2.24, 2.45) is 0 Å². The fraction of sp³-hybridized carbons (Fsp3) is 0.593. The second-order valence-electron chi connectivity index (χ2n) is 8.34. The van der Waals surface area contributed by atoms with Crippen LogP contribution in [0.15, 0.2) is 58.5 Å². The largest absolute Gasteiger partial charge is 0.462 e. The van der Waals surface area contributed by atoms with Crippen molar-refractivity contribution >= 4 is 15.8 Å². The minimum absolute atomic E-state index is 0.0926. The van der Waals surface area contributed by atoms with Crippen molar-refractivity contribution in [1.82, 2.24) is 4.90 Å². The molecule has 0 aliphatic heterocycles. The van der Waals surface area contributed by atoms with E-state index in [1.54, 1.807) is 24.3 Å². The average Bonchev–Trinajstić information content (AvgIpc) is 2.82. The molecule has 1 aromatic carbocycles. The first-order valence-electron chi connectivity index (χ1n) is 12.6. The van der Waals surface area contributed by atoms with Crippen molar-refractivity contribution in [2.45, 2.75) is 89.9 Å². The molecular formula is C27H43NO4S. The number of carbonyl (C=O) groups excluding carboxylic acids is 1. The Bertz CT molecular complexity index is 808. The van der Waals surface area contributed by atoms with Gasteiger partial charge in [-0.2, -0.15) is 0 Å². The molecule has 1 rings (SSSR count). The van der Waals surface area contributed by atoms with Crippen molar-refractivity contribution in [2.75, 3.05) is 19.7 Å². The van der Waals surface area contributed by atoms with E-state index in [9.17, 15) is 13.2 Å². The molecule has 0 aliphatic rings. The summed E-state index contributed by atoms with van der Waals surface area (Å²) in [6, 6.07) is 8.06. The van der Waals surface area contributed by atoms with Gasteiger partial charge in [0.05, 0.1) is 11.5 Å². The Labute approximate surface area is 201 Å². The number of ether oxygens (including phenoxy) is 1. The summed E-state index contributed by atoms with van der Waals surface area (Å²) in [6.45, 7) is 8.51. The summed E-state index contributed by atoms with van der Waals surface area (Å²) in [5, 5.41) is 0. The molecule has 0 saturated heterocycles. The monoisotopic (exact) mass is 477 g/mol. The Morgan fingerprint density at radius 3 is 2.03 bits per heavy atom. The van der Waals surface area contributed by atoms with Crippen LogP contribution < -0.4 is 0 Å². The standard InChI is InChI=1S/C27H43NO4S/c1-4-7-10-11-12-16-24-32-27(29)26(33(30,31)25-18-14-13-15-19-25)20-17-23-28(21-8-5-2)22-9-6-3/h13-15,17-20,23H,4-12,16,21-22,24H2,1-3H3/b23-17+,26-20+. The average molecular weight is 478 g/mol. The number of unbranched alkanes of at least 4 members (excludes halogenated alkanes) is 7. The number of nitrogens with zero attached hydrogens (tertiary/aromatic N) is 1. The summed E-state index contributed by atoms with van der Waals surface area (Å²) in [5.74, 6) is -0.786. The van der Waals surface area contributed by atoms with Gasteiger partial charge in [-0.1, -0.05) is 83.9 Å². The number of sulfone groups is 1. The van der Waals surface area contributed by atoms with Crippen LogP contribution in [-0.2, 0) is 19.4 Å². The molecule has 0 aromatic heterocycles. The Hall–Kier alpha value is -2.08. The van der Waals surface area contributed by atoms with E-state index in [1.165, 1.54) is 37.5 Å². The molecule has 0 amide bonds. The van der Waals surface area contributed by atoms with Gasteiger partial charge in [0.15, 0.2) is 4.91 Å². The lowest BCUT2D eigenvalue weighted by Gasteiger charge is -2.19. The summed E-state index contributed by atoms with van der Waals surface area (Å²) < 4.78 is 31.7. The van der Waals surface area contributed by atoms with Crippen LogP contribution in [-0.4, -0.2) is 39.0 Å². The lowest BCUT2D eigenvalue weighted by atomic mass is 10.1. The van der Waals surface area contributed by atoms with E-state index in [0.717, 1.165) is 58.0 Å². The molecule has 0 heterocycles. The lowest BCUT2D eigenvalue weighted by molar-refractivity contribution is -0.138. The van der Waals surface area contributed by atoms with E-state index in [-0.39, 0.29) is 16.4 Å². The van der Waals surface area contributed by atoms with Gasteiger partial charge in [0.25, 0.3) is 0 Å². The Morgan fingerprint density at radius 1 is 0.848 bits per heavy atom. The predicted molar refractivity (Wildman–Crippen MR) is 137 cm³/mol. The van der Waals surface area contributed by atoms with Crippen LogP contribution >= 0.6 is 0 Å². The minimum Gasteiger partial charge on any atom is -0.462 e. The van der Waals surface area contributed by atoms with Crippen LogP contribution in [0.4, 0.5) is 0 Å². The molecule has 0 N–H and O–H groups in total. The molecule has 0 atom stereocenters. The zero-order valence-corrected chi connectivity index (χ0v) is 21.6. The van der Waals surface area contributed by atoms with Crippen LogP contribution in [0.2, 0.25) is 0 Å². The highest BCUT2D eigenvalue weighted by atomic mass is 32.2. The van der Waals surface area contributed by atoms with E-state index in [2.05, 4.69) is 25.7 Å². The first-order chi connectivity index (χ1) is 16.0. The maximum absolute atomic E-state index is 13.2. The van der Waals surface area contributed by atoms with Gasteiger partial charge in [-0.25, -0.2) is 13.2 Å². The molecule has 0 saturated carbocycles. The van der Waals surface area contributed by atoms with Crippen molar-refractivity contribution in [1.29, 1.82) is 0 Å². The van der Waals surface area contributed by atoms with Gasteiger partial charge < -0.3 is 9.64 Å². The molecule has 6 heteroatoms. The summed E-state index contributed by atoms with van der Waals surface area (Å²) >= 11 is 0. The SMILES string of the molecule is CCCCCCCCOC(=O)/C(=C\C=C\N(CCCC)CCCC)S(=O)(=O)c1ccccc1. The fourth-order valence-corrected chi connectivity index (χ4v) is 4.65. The summed E-state index contributed by atoms with van der Waals surface area (Å²) in [7, 11) is -3.97.